The van der Waals surface area contributed by atoms with Gasteiger partial charge in [-0.15, -0.1) is 5.10 Å². The van der Waals surface area contributed by atoms with Crippen LogP contribution in [0.15, 0.2) is 78.7 Å². The SMILES string of the molecule is C/C(=N\NC(=O)c1ccc(-n2cnnn2)cc1)c1ccc(-n2ccnc2)cc1. The van der Waals surface area contributed by atoms with Gasteiger partial charge in [-0.05, 0) is 59.3 Å². The minimum absolute atomic E-state index is 0.294. The Labute approximate surface area is 160 Å². The molecule has 0 aliphatic carbocycles. The van der Waals surface area contributed by atoms with E-state index < -0.39 is 0 Å². The Kier molecular flexibility index (Phi) is 4.70. The zero-order valence-corrected chi connectivity index (χ0v) is 15.0. The minimum atomic E-state index is -0.294. The van der Waals surface area contributed by atoms with Gasteiger partial charge in [0.05, 0.1) is 17.7 Å². The normalized spacial score (nSPS) is 11.4. The third-order valence-corrected chi connectivity index (χ3v) is 4.16. The molecule has 1 N–H and O–H groups in total. The third-order valence-electron chi connectivity index (χ3n) is 4.16. The van der Waals surface area contributed by atoms with E-state index in [0.717, 1.165) is 16.9 Å². The van der Waals surface area contributed by atoms with E-state index in [0.29, 0.717) is 11.3 Å². The number of nitrogens with one attached hydrogen (secondary N) is 1. The van der Waals surface area contributed by atoms with E-state index in [4.69, 9.17) is 0 Å². The molecular formula is C19H16N8O. The van der Waals surface area contributed by atoms with Gasteiger partial charge in [-0.3, -0.25) is 4.79 Å². The van der Waals surface area contributed by atoms with Crippen molar-refractivity contribution in [1.29, 1.82) is 0 Å². The number of nitrogens with zero attached hydrogens (tertiary/aromatic N) is 7. The molecule has 0 radical (unpaired) electrons. The second kappa shape index (κ2) is 7.62. The van der Waals surface area contributed by atoms with Crippen LogP contribution in [0.4, 0.5) is 0 Å². The summed E-state index contributed by atoms with van der Waals surface area (Å²) in [5.74, 6) is -0.294. The number of carbonyl (C=O) groups is 1. The van der Waals surface area contributed by atoms with E-state index in [1.54, 1.807) is 36.8 Å². The number of hydrazone groups is 1. The van der Waals surface area contributed by atoms with Gasteiger partial charge in [0, 0.05) is 23.6 Å². The van der Waals surface area contributed by atoms with Crippen LogP contribution in [0.2, 0.25) is 0 Å². The molecule has 0 fully saturated rings. The second-order valence-electron chi connectivity index (χ2n) is 5.96. The molecule has 2 aromatic heterocycles. The summed E-state index contributed by atoms with van der Waals surface area (Å²) in [5.41, 5.74) is 6.45. The first kappa shape index (κ1) is 17.3. The molecule has 0 aliphatic heterocycles. The predicted octanol–water partition coefficient (Wildman–Crippen LogP) is 2.00. The van der Waals surface area contributed by atoms with E-state index in [9.17, 15) is 4.79 Å². The number of carbonyl (C=O) groups excluding carboxylic acids is 1. The lowest BCUT2D eigenvalue weighted by molar-refractivity contribution is 0.0955. The van der Waals surface area contributed by atoms with Crippen molar-refractivity contribution in [2.45, 2.75) is 6.92 Å². The largest absolute Gasteiger partial charge is 0.306 e. The fraction of sp³-hybridized carbons (Fsp3) is 0.0526. The highest BCUT2D eigenvalue weighted by atomic mass is 16.2. The molecule has 0 saturated heterocycles. The lowest BCUT2D eigenvalue weighted by atomic mass is 10.1. The van der Waals surface area contributed by atoms with Crippen molar-refractivity contribution < 1.29 is 4.79 Å². The van der Waals surface area contributed by atoms with E-state index in [1.807, 2.05) is 42.0 Å². The van der Waals surface area contributed by atoms with Crippen molar-refractivity contribution >= 4 is 11.6 Å². The molecule has 0 bridgehead atoms. The molecule has 138 valence electrons. The fourth-order valence-electron chi connectivity index (χ4n) is 2.60. The van der Waals surface area contributed by atoms with Crippen molar-refractivity contribution in [3.05, 3.63) is 84.7 Å². The predicted molar refractivity (Wildman–Crippen MR) is 102 cm³/mol. The Morgan fingerprint density at radius 2 is 1.68 bits per heavy atom. The van der Waals surface area contributed by atoms with Gasteiger partial charge in [-0.25, -0.2) is 15.1 Å². The van der Waals surface area contributed by atoms with E-state index >= 15 is 0 Å². The maximum atomic E-state index is 12.3. The number of tetrazole rings is 1. The van der Waals surface area contributed by atoms with Gasteiger partial charge in [-0.1, -0.05) is 12.1 Å². The molecule has 4 rings (SSSR count). The highest BCUT2D eigenvalue weighted by Crippen LogP contribution is 2.11. The molecule has 9 heteroatoms. The van der Waals surface area contributed by atoms with Crippen LogP contribution in [0.3, 0.4) is 0 Å². The number of amides is 1. The summed E-state index contributed by atoms with van der Waals surface area (Å²) in [6.45, 7) is 1.84. The third kappa shape index (κ3) is 3.68. The Hall–Kier alpha value is -4.14. The Morgan fingerprint density at radius 1 is 0.964 bits per heavy atom. The molecule has 0 aliphatic rings. The molecule has 0 unspecified atom stereocenters. The minimum Gasteiger partial charge on any atom is -0.306 e. The van der Waals surface area contributed by atoms with E-state index in [1.165, 1.54) is 11.0 Å². The summed E-state index contributed by atoms with van der Waals surface area (Å²) >= 11 is 0. The molecule has 9 nitrogen and oxygen atoms in total. The number of hydrogen-bond donors (Lipinski definition) is 1. The summed E-state index contributed by atoms with van der Waals surface area (Å²) < 4.78 is 3.43. The fourth-order valence-corrected chi connectivity index (χ4v) is 2.60. The van der Waals surface area contributed by atoms with Crippen LogP contribution < -0.4 is 5.43 Å². The molecule has 2 aromatic carbocycles. The molecule has 1 amide bonds. The monoisotopic (exact) mass is 372 g/mol. The average molecular weight is 372 g/mol. The van der Waals surface area contributed by atoms with Gasteiger partial charge in [0.2, 0.25) is 0 Å². The van der Waals surface area contributed by atoms with E-state index in [-0.39, 0.29) is 5.91 Å². The molecule has 4 aromatic rings. The smallest absolute Gasteiger partial charge is 0.271 e. The highest BCUT2D eigenvalue weighted by molar-refractivity contribution is 6.01. The van der Waals surface area contributed by atoms with Crippen LogP contribution in [-0.2, 0) is 0 Å². The number of aromatic nitrogens is 6. The number of benzene rings is 2. The molecule has 2 heterocycles. The average Bonchev–Trinajstić information content (AvgIpc) is 3.46. The number of imidazole rings is 1. The van der Waals surface area contributed by atoms with Crippen LogP contribution in [-0.4, -0.2) is 41.4 Å². The maximum Gasteiger partial charge on any atom is 0.271 e. The summed E-state index contributed by atoms with van der Waals surface area (Å²) in [4.78, 5) is 16.3. The zero-order valence-electron chi connectivity index (χ0n) is 15.0. The van der Waals surface area contributed by atoms with Crippen LogP contribution in [0.5, 0.6) is 0 Å². The first-order valence-corrected chi connectivity index (χ1v) is 8.47. The quantitative estimate of drug-likeness (QED) is 0.426. The van der Waals surface area contributed by atoms with Crippen LogP contribution in [0.1, 0.15) is 22.8 Å². The molecule has 28 heavy (non-hydrogen) atoms. The van der Waals surface area contributed by atoms with Gasteiger partial charge in [0.15, 0.2) is 0 Å². The Bertz CT molecular complexity index is 1080. The van der Waals surface area contributed by atoms with Crippen molar-refractivity contribution in [3.8, 4) is 11.4 Å². The molecule has 0 saturated carbocycles. The van der Waals surface area contributed by atoms with Crippen molar-refractivity contribution in [1.82, 2.24) is 35.2 Å². The topological polar surface area (TPSA) is 103 Å². The summed E-state index contributed by atoms with van der Waals surface area (Å²) in [6, 6.07) is 14.7. The van der Waals surface area contributed by atoms with Crippen LogP contribution in [0, 0.1) is 0 Å². The Morgan fingerprint density at radius 3 is 2.32 bits per heavy atom. The first-order valence-electron chi connectivity index (χ1n) is 8.47. The number of hydrogen-bond acceptors (Lipinski definition) is 6. The van der Waals surface area contributed by atoms with Crippen molar-refractivity contribution in [2.24, 2.45) is 5.10 Å². The Balaban J connectivity index is 1.42. The van der Waals surface area contributed by atoms with Crippen molar-refractivity contribution in [3.63, 3.8) is 0 Å². The highest BCUT2D eigenvalue weighted by Gasteiger charge is 2.06. The van der Waals surface area contributed by atoms with Gasteiger partial charge in [-0.2, -0.15) is 5.10 Å². The van der Waals surface area contributed by atoms with Crippen LogP contribution >= 0.6 is 0 Å². The second-order valence-corrected chi connectivity index (χ2v) is 5.96. The zero-order chi connectivity index (χ0) is 19.3. The standard InChI is InChI=1S/C19H16N8O/c1-14(15-2-6-17(7-3-15)26-11-10-20-12-26)22-23-19(28)16-4-8-18(9-5-16)27-13-21-24-25-27/h2-13H,1H3,(H,23,28)/b22-14+. The molecular weight excluding hydrogens is 356 g/mol. The van der Waals surface area contributed by atoms with Gasteiger partial charge >= 0.3 is 0 Å². The molecule has 0 atom stereocenters. The molecule has 0 spiro atoms. The summed E-state index contributed by atoms with van der Waals surface area (Å²) in [6.07, 6.45) is 6.83. The van der Waals surface area contributed by atoms with Gasteiger partial charge in [0.1, 0.15) is 6.33 Å². The maximum absolute atomic E-state index is 12.3. The van der Waals surface area contributed by atoms with Crippen LogP contribution in [0.25, 0.3) is 11.4 Å². The summed E-state index contributed by atoms with van der Waals surface area (Å²) in [5, 5.41) is 15.2. The van der Waals surface area contributed by atoms with Gasteiger partial charge in [0.25, 0.3) is 5.91 Å². The number of rotatable bonds is 5. The van der Waals surface area contributed by atoms with Gasteiger partial charge < -0.3 is 4.57 Å². The lowest BCUT2D eigenvalue weighted by Gasteiger charge is -2.06. The summed E-state index contributed by atoms with van der Waals surface area (Å²) in [7, 11) is 0. The first-order chi connectivity index (χ1) is 13.7. The van der Waals surface area contributed by atoms with Crippen molar-refractivity contribution in [2.75, 3.05) is 0 Å². The van der Waals surface area contributed by atoms with E-state index in [2.05, 4.69) is 31.0 Å². The lowest BCUT2D eigenvalue weighted by Crippen LogP contribution is -2.19.